The molecule has 1 heterocycles. The monoisotopic (exact) mass is 315 g/mol. The van der Waals surface area contributed by atoms with Gasteiger partial charge in [0.15, 0.2) is 0 Å². The molecule has 0 unspecified atom stereocenters. The molecule has 3 nitrogen and oxygen atoms in total. The normalized spacial score (nSPS) is 21.9. The number of hydrogen-bond donors (Lipinski definition) is 1. The van der Waals surface area contributed by atoms with Crippen LogP contribution in [0.4, 0.5) is 0 Å². The number of rotatable bonds is 4. The Morgan fingerprint density at radius 1 is 1.09 bits per heavy atom. The van der Waals surface area contributed by atoms with Crippen LogP contribution in [-0.4, -0.2) is 29.1 Å². The molecule has 0 radical (unpaired) electrons. The second kappa shape index (κ2) is 6.51. The minimum absolute atomic E-state index is 0.0603. The minimum atomic E-state index is -0.750. The highest BCUT2D eigenvalue weighted by Crippen LogP contribution is 2.36. The first-order valence-corrected chi connectivity index (χ1v) is 7.76. The number of carboxylic acid groups (broad SMARTS) is 1. The van der Waals surface area contributed by atoms with Crippen molar-refractivity contribution in [3.05, 3.63) is 70.7 Å². The smallest absolute Gasteiger partial charge is 0.308 e. The minimum Gasteiger partial charge on any atom is -0.481 e. The lowest BCUT2D eigenvalue weighted by Gasteiger charge is -2.17. The van der Waals surface area contributed by atoms with Gasteiger partial charge < -0.3 is 5.11 Å². The Kier molecular flexibility index (Phi) is 4.46. The van der Waals surface area contributed by atoms with E-state index in [9.17, 15) is 9.90 Å². The lowest BCUT2D eigenvalue weighted by atomic mass is 9.89. The van der Waals surface area contributed by atoms with Crippen molar-refractivity contribution in [1.29, 1.82) is 0 Å². The number of halogens is 1. The van der Waals surface area contributed by atoms with Gasteiger partial charge >= 0.3 is 5.97 Å². The maximum absolute atomic E-state index is 11.6. The third-order valence-corrected chi connectivity index (χ3v) is 4.61. The fourth-order valence-corrected chi connectivity index (χ4v) is 3.47. The van der Waals surface area contributed by atoms with Crippen LogP contribution in [0, 0.1) is 5.92 Å². The SMILES string of the molecule is O=C(O)[C@@H]1CN(Cc2ccccc2)C[C@H]1c1ccccc1Cl. The van der Waals surface area contributed by atoms with Crippen LogP contribution in [0.1, 0.15) is 17.0 Å². The van der Waals surface area contributed by atoms with Crippen molar-refractivity contribution in [2.45, 2.75) is 12.5 Å². The summed E-state index contributed by atoms with van der Waals surface area (Å²) >= 11 is 6.27. The van der Waals surface area contributed by atoms with Crippen molar-refractivity contribution in [3.63, 3.8) is 0 Å². The van der Waals surface area contributed by atoms with Crippen LogP contribution in [0.3, 0.4) is 0 Å². The average molecular weight is 316 g/mol. The van der Waals surface area contributed by atoms with E-state index in [0.717, 1.165) is 18.7 Å². The fraction of sp³-hybridized carbons (Fsp3) is 0.278. The number of carboxylic acids is 1. The zero-order valence-corrected chi connectivity index (χ0v) is 12.9. The summed E-state index contributed by atoms with van der Waals surface area (Å²) in [4.78, 5) is 13.8. The summed E-state index contributed by atoms with van der Waals surface area (Å²) in [5.41, 5.74) is 2.14. The second-order valence-electron chi connectivity index (χ2n) is 5.75. The summed E-state index contributed by atoms with van der Waals surface area (Å²) in [6.07, 6.45) is 0. The van der Waals surface area contributed by atoms with E-state index < -0.39 is 11.9 Å². The van der Waals surface area contributed by atoms with Gasteiger partial charge in [0.05, 0.1) is 5.92 Å². The molecule has 1 aliphatic rings. The molecular formula is C18H18ClNO2. The summed E-state index contributed by atoms with van der Waals surface area (Å²) in [5.74, 6) is -1.22. The summed E-state index contributed by atoms with van der Waals surface area (Å²) in [6, 6.07) is 17.7. The topological polar surface area (TPSA) is 40.5 Å². The summed E-state index contributed by atoms with van der Waals surface area (Å²) in [6.45, 7) is 2.04. The zero-order chi connectivity index (χ0) is 15.5. The zero-order valence-electron chi connectivity index (χ0n) is 12.2. The molecule has 0 bridgehead atoms. The highest BCUT2D eigenvalue weighted by atomic mass is 35.5. The largest absolute Gasteiger partial charge is 0.481 e. The third-order valence-electron chi connectivity index (χ3n) is 4.27. The first-order chi connectivity index (χ1) is 10.6. The van der Waals surface area contributed by atoms with Crippen LogP contribution >= 0.6 is 11.6 Å². The number of carbonyl (C=O) groups is 1. The Morgan fingerprint density at radius 3 is 2.45 bits per heavy atom. The van der Waals surface area contributed by atoms with E-state index in [-0.39, 0.29) is 5.92 Å². The van der Waals surface area contributed by atoms with Gasteiger partial charge in [-0.25, -0.2) is 0 Å². The third kappa shape index (κ3) is 3.16. The number of benzene rings is 2. The van der Waals surface area contributed by atoms with E-state index in [1.165, 1.54) is 5.56 Å². The molecule has 2 aromatic rings. The van der Waals surface area contributed by atoms with Crippen molar-refractivity contribution in [1.82, 2.24) is 4.90 Å². The Balaban J connectivity index is 1.81. The Morgan fingerprint density at radius 2 is 1.77 bits per heavy atom. The number of nitrogens with zero attached hydrogens (tertiary/aromatic N) is 1. The van der Waals surface area contributed by atoms with E-state index >= 15 is 0 Å². The van der Waals surface area contributed by atoms with Crippen molar-refractivity contribution < 1.29 is 9.90 Å². The van der Waals surface area contributed by atoms with E-state index in [1.54, 1.807) is 0 Å². The molecule has 1 saturated heterocycles. The van der Waals surface area contributed by atoms with Crippen LogP contribution in [0.25, 0.3) is 0 Å². The van der Waals surface area contributed by atoms with Crippen molar-refractivity contribution in [3.8, 4) is 0 Å². The molecule has 114 valence electrons. The Bertz CT molecular complexity index is 659. The predicted molar refractivity (Wildman–Crippen MR) is 87.0 cm³/mol. The maximum Gasteiger partial charge on any atom is 0.308 e. The van der Waals surface area contributed by atoms with Gasteiger partial charge in [0.1, 0.15) is 0 Å². The van der Waals surface area contributed by atoms with Crippen molar-refractivity contribution in [2.75, 3.05) is 13.1 Å². The maximum atomic E-state index is 11.6. The molecular weight excluding hydrogens is 298 g/mol. The molecule has 2 aromatic carbocycles. The molecule has 4 heteroatoms. The molecule has 0 aliphatic carbocycles. The highest BCUT2D eigenvalue weighted by Gasteiger charge is 2.39. The first-order valence-electron chi connectivity index (χ1n) is 7.38. The molecule has 3 rings (SSSR count). The quantitative estimate of drug-likeness (QED) is 0.936. The number of hydrogen-bond acceptors (Lipinski definition) is 2. The van der Waals surface area contributed by atoms with Crippen LogP contribution in [0.2, 0.25) is 5.02 Å². The Labute approximate surface area is 135 Å². The molecule has 22 heavy (non-hydrogen) atoms. The molecule has 0 spiro atoms. The Hall–Kier alpha value is -1.84. The molecule has 1 N–H and O–H groups in total. The summed E-state index contributed by atoms with van der Waals surface area (Å²) < 4.78 is 0. The van der Waals surface area contributed by atoms with Crippen LogP contribution in [-0.2, 0) is 11.3 Å². The first kappa shape index (κ1) is 15.1. The van der Waals surface area contributed by atoms with E-state index in [1.807, 2.05) is 42.5 Å². The van der Waals surface area contributed by atoms with E-state index in [4.69, 9.17) is 11.6 Å². The molecule has 0 aromatic heterocycles. The van der Waals surface area contributed by atoms with Gasteiger partial charge in [0.25, 0.3) is 0 Å². The second-order valence-corrected chi connectivity index (χ2v) is 6.16. The van der Waals surface area contributed by atoms with Gasteiger partial charge in [-0.3, -0.25) is 9.69 Å². The molecule has 1 aliphatic heterocycles. The van der Waals surface area contributed by atoms with Gasteiger partial charge in [-0.05, 0) is 17.2 Å². The standard InChI is InChI=1S/C18H18ClNO2/c19-17-9-5-4-8-14(17)15-11-20(12-16(15)18(21)22)10-13-6-2-1-3-7-13/h1-9,15-16H,10-12H2,(H,21,22)/t15-,16+/m0/s1. The van der Waals surface area contributed by atoms with Crippen molar-refractivity contribution in [2.24, 2.45) is 5.92 Å². The number of aliphatic carboxylic acids is 1. The lowest BCUT2D eigenvalue weighted by Crippen LogP contribution is -2.23. The predicted octanol–water partition coefficient (Wildman–Crippen LogP) is 3.64. The van der Waals surface area contributed by atoms with Crippen LogP contribution in [0.5, 0.6) is 0 Å². The average Bonchev–Trinajstić information content (AvgIpc) is 2.92. The molecule has 1 fully saturated rings. The molecule has 0 amide bonds. The number of likely N-dealkylation sites (tertiary alicyclic amines) is 1. The summed E-state index contributed by atoms with van der Waals surface area (Å²) in [7, 11) is 0. The van der Waals surface area contributed by atoms with Crippen molar-refractivity contribution >= 4 is 17.6 Å². The van der Waals surface area contributed by atoms with Crippen LogP contribution < -0.4 is 0 Å². The van der Waals surface area contributed by atoms with Gasteiger partial charge in [0, 0.05) is 30.6 Å². The van der Waals surface area contributed by atoms with E-state index in [0.29, 0.717) is 11.6 Å². The fourth-order valence-electron chi connectivity index (χ4n) is 3.20. The van der Waals surface area contributed by atoms with Gasteiger partial charge in [0.2, 0.25) is 0 Å². The van der Waals surface area contributed by atoms with E-state index in [2.05, 4.69) is 17.0 Å². The lowest BCUT2D eigenvalue weighted by molar-refractivity contribution is -0.141. The van der Waals surface area contributed by atoms with Gasteiger partial charge in [-0.15, -0.1) is 0 Å². The van der Waals surface area contributed by atoms with Gasteiger partial charge in [-0.1, -0.05) is 60.1 Å². The van der Waals surface area contributed by atoms with Gasteiger partial charge in [-0.2, -0.15) is 0 Å². The summed E-state index contributed by atoms with van der Waals surface area (Å²) in [5, 5.41) is 10.2. The molecule has 0 saturated carbocycles. The molecule has 2 atom stereocenters. The highest BCUT2D eigenvalue weighted by molar-refractivity contribution is 6.31. The van der Waals surface area contributed by atoms with Crippen LogP contribution in [0.15, 0.2) is 54.6 Å².